The summed E-state index contributed by atoms with van der Waals surface area (Å²) in [5, 5.41) is 28.5. The lowest BCUT2D eigenvalue weighted by atomic mass is 9.98. The van der Waals surface area contributed by atoms with Crippen molar-refractivity contribution in [2.75, 3.05) is 0 Å². The Kier molecular flexibility index (Phi) is 11.4. The number of allylic oxidation sites excluding steroid dienone is 6. The highest BCUT2D eigenvalue weighted by Crippen LogP contribution is 2.33. The Morgan fingerprint density at radius 1 is 1.15 bits per heavy atom. The van der Waals surface area contributed by atoms with Crippen LogP contribution in [-0.4, -0.2) is 33.5 Å². The van der Waals surface area contributed by atoms with Crippen LogP contribution in [0.5, 0.6) is 0 Å². The molecule has 1 fully saturated rings. The highest BCUT2D eigenvalue weighted by atomic mass is 16.4. The van der Waals surface area contributed by atoms with Crippen LogP contribution in [0.3, 0.4) is 0 Å². The summed E-state index contributed by atoms with van der Waals surface area (Å²) in [7, 11) is 0. The zero-order valence-electron chi connectivity index (χ0n) is 15.7. The number of carboxylic acid groups (broad SMARTS) is 1. The lowest BCUT2D eigenvalue weighted by Crippen LogP contribution is -2.08. The SMILES string of the molecule is CC/C=C\C/C=C\C/C=C\C[C@H]1CC[C@H](O)C1=C=C[C@@H](O)CCC(=O)O. The molecule has 0 bridgehead atoms. The van der Waals surface area contributed by atoms with Gasteiger partial charge in [0, 0.05) is 12.0 Å². The van der Waals surface area contributed by atoms with E-state index >= 15 is 0 Å². The molecule has 0 amide bonds. The van der Waals surface area contributed by atoms with E-state index in [0.717, 1.165) is 37.7 Å². The second-order valence-electron chi connectivity index (χ2n) is 6.59. The van der Waals surface area contributed by atoms with E-state index in [4.69, 9.17) is 5.11 Å². The van der Waals surface area contributed by atoms with Crippen LogP contribution < -0.4 is 0 Å². The van der Waals surface area contributed by atoms with E-state index in [9.17, 15) is 15.0 Å². The third-order valence-electron chi connectivity index (χ3n) is 4.38. The van der Waals surface area contributed by atoms with Crippen molar-refractivity contribution < 1.29 is 20.1 Å². The van der Waals surface area contributed by atoms with Crippen LogP contribution in [0.15, 0.2) is 53.8 Å². The Labute approximate surface area is 156 Å². The van der Waals surface area contributed by atoms with Gasteiger partial charge in [0.15, 0.2) is 0 Å². The molecule has 0 heterocycles. The van der Waals surface area contributed by atoms with Gasteiger partial charge in [-0.1, -0.05) is 43.4 Å². The summed E-state index contributed by atoms with van der Waals surface area (Å²) < 4.78 is 0. The van der Waals surface area contributed by atoms with Crippen molar-refractivity contribution in [2.45, 2.75) is 70.5 Å². The average molecular weight is 360 g/mol. The Morgan fingerprint density at radius 3 is 2.46 bits per heavy atom. The Hall–Kier alpha value is -1.87. The van der Waals surface area contributed by atoms with E-state index in [1.54, 1.807) is 0 Å². The van der Waals surface area contributed by atoms with E-state index in [-0.39, 0.29) is 18.8 Å². The van der Waals surface area contributed by atoms with Gasteiger partial charge >= 0.3 is 5.97 Å². The van der Waals surface area contributed by atoms with Gasteiger partial charge in [-0.2, -0.15) is 0 Å². The minimum atomic E-state index is -0.926. The fourth-order valence-electron chi connectivity index (χ4n) is 2.92. The molecule has 1 aliphatic rings. The van der Waals surface area contributed by atoms with Crippen LogP contribution in [0.1, 0.15) is 58.3 Å². The molecule has 3 atom stereocenters. The largest absolute Gasteiger partial charge is 0.481 e. The van der Waals surface area contributed by atoms with E-state index in [2.05, 4.69) is 49.1 Å². The number of aliphatic carboxylic acids is 1. The van der Waals surface area contributed by atoms with Crippen molar-refractivity contribution in [1.82, 2.24) is 0 Å². The molecule has 0 spiro atoms. The van der Waals surface area contributed by atoms with E-state index in [0.29, 0.717) is 6.42 Å². The van der Waals surface area contributed by atoms with Crippen molar-refractivity contribution in [3.05, 3.63) is 53.8 Å². The molecule has 26 heavy (non-hydrogen) atoms. The number of carboxylic acids is 1. The van der Waals surface area contributed by atoms with E-state index in [1.165, 1.54) is 6.08 Å². The van der Waals surface area contributed by atoms with Gasteiger partial charge in [0.05, 0.1) is 12.2 Å². The molecule has 0 saturated heterocycles. The fraction of sp³-hybridized carbons (Fsp3) is 0.545. The van der Waals surface area contributed by atoms with Crippen LogP contribution >= 0.6 is 0 Å². The van der Waals surface area contributed by atoms with Crippen molar-refractivity contribution in [2.24, 2.45) is 5.92 Å². The van der Waals surface area contributed by atoms with Crippen LogP contribution in [0, 0.1) is 5.92 Å². The average Bonchev–Trinajstić information content (AvgIpc) is 2.96. The summed E-state index contributed by atoms with van der Waals surface area (Å²) in [6.07, 6.45) is 18.5. The lowest BCUT2D eigenvalue weighted by molar-refractivity contribution is -0.137. The number of hydrogen-bond donors (Lipinski definition) is 3. The molecule has 3 N–H and O–H groups in total. The normalized spacial score (nSPS) is 21.7. The first kappa shape index (κ1) is 22.2. The maximum atomic E-state index is 10.5. The monoisotopic (exact) mass is 360 g/mol. The van der Waals surface area contributed by atoms with Crippen LogP contribution in [-0.2, 0) is 4.79 Å². The van der Waals surface area contributed by atoms with Gasteiger partial charge in [0.25, 0.3) is 0 Å². The van der Waals surface area contributed by atoms with Crippen LogP contribution in [0.2, 0.25) is 0 Å². The van der Waals surface area contributed by atoms with Crippen molar-refractivity contribution in [1.29, 1.82) is 0 Å². The first-order valence-corrected chi connectivity index (χ1v) is 9.54. The number of aliphatic hydroxyl groups is 2. The van der Waals surface area contributed by atoms with Gasteiger partial charge in [-0.25, -0.2) is 0 Å². The molecular formula is C22H32O4. The minimum Gasteiger partial charge on any atom is -0.481 e. The molecule has 0 aliphatic heterocycles. The molecule has 4 nitrogen and oxygen atoms in total. The maximum Gasteiger partial charge on any atom is 0.303 e. The quantitative estimate of drug-likeness (QED) is 0.379. The summed E-state index contributed by atoms with van der Waals surface area (Å²) in [6.45, 7) is 2.12. The van der Waals surface area contributed by atoms with Gasteiger partial charge < -0.3 is 15.3 Å². The lowest BCUT2D eigenvalue weighted by Gasteiger charge is -2.09. The second kappa shape index (κ2) is 13.3. The molecule has 144 valence electrons. The predicted molar refractivity (Wildman–Crippen MR) is 105 cm³/mol. The fourth-order valence-corrected chi connectivity index (χ4v) is 2.92. The van der Waals surface area contributed by atoms with Crippen molar-refractivity contribution in [3.8, 4) is 0 Å². The highest BCUT2D eigenvalue weighted by Gasteiger charge is 2.27. The van der Waals surface area contributed by atoms with Crippen LogP contribution in [0.25, 0.3) is 0 Å². The number of carbonyl (C=O) groups is 1. The summed E-state index contributed by atoms with van der Waals surface area (Å²) in [5.41, 5.74) is 3.85. The molecule has 1 saturated carbocycles. The minimum absolute atomic E-state index is 0.0782. The molecule has 0 radical (unpaired) electrons. The topological polar surface area (TPSA) is 77.8 Å². The summed E-state index contributed by atoms with van der Waals surface area (Å²) >= 11 is 0. The van der Waals surface area contributed by atoms with Gasteiger partial charge in [-0.05, 0) is 56.9 Å². The highest BCUT2D eigenvalue weighted by molar-refractivity contribution is 5.66. The molecular weight excluding hydrogens is 328 g/mol. The molecule has 1 aliphatic carbocycles. The Morgan fingerprint density at radius 2 is 1.81 bits per heavy atom. The Balaban J connectivity index is 2.47. The zero-order chi connectivity index (χ0) is 19.2. The van der Waals surface area contributed by atoms with Gasteiger partial charge in [0.1, 0.15) is 0 Å². The molecule has 0 aromatic rings. The van der Waals surface area contributed by atoms with Crippen molar-refractivity contribution in [3.63, 3.8) is 0 Å². The maximum absolute atomic E-state index is 10.5. The third kappa shape index (κ3) is 9.57. The van der Waals surface area contributed by atoms with Gasteiger partial charge in [0.2, 0.25) is 0 Å². The Bertz CT molecular complexity index is 565. The van der Waals surface area contributed by atoms with Crippen LogP contribution in [0.4, 0.5) is 0 Å². The second-order valence-corrected chi connectivity index (χ2v) is 6.59. The number of aliphatic hydroxyl groups excluding tert-OH is 2. The molecule has 0 unspecified atom stereocenters. The molecule has 1 rings (SSSR count). The van der Waals surface area contributed by atoms with E-state index in [1.807, 2.05) is 0 Å². The molecule has 0 aromatic heterocycles. The third-order valence-corrected chi connectivity index (χ3v) is 4.38. The molecule has 0 aromatic carbocycles. The molecule has 4 heteroatoms. The number of rotatable bonds is 11. The summed E-state index contributed by atoms with van der Waals surface area (Å²) in [4.78, 5) is 10.5. The summed E-state index contributed by atoms with van der Waals surface area (Å²) in [5.74, 6) is -0.690. The standard InChI is InChI=1S/C22H32O4/c1-2-3-4-5-6-7-8-9-10-11-18-12-16-21(24)20(18)15-13-19(23)14-17-22(25)26/h3-4,6-7,9-10,13,18-19,21,23-24H,2,5,8,11-12,14,16-17H2,1H3,(H,25,26)/b4-3-,7-6-,10-9-/t15?,18-,19+,21-/m0/s1. The smallest absolute Gasteiger partial charge is 0.303 e. The first-order valence-electron chi connectivity index (χ1n) is 9.54. The van der Waals surface area contributed by atoms with E-state index < -0.39 is 18.2 Å². The van der Waals surface area contributed by atoms with Crippen molar-refractivity contribution >= 4 is 5.97 Å². The van der Waals surface area contributed by atoms with Gasteiger partial charge in [-0.15, -0.1) is 5.73 Å². The predicted octanol–water partition coefficient (Wildman–Crippen LogP) is 4.31. The summed E-state index contributed by atoms with van der Waals surface area (Å²) in [6, 6.07) is 0. The number of hydrogen-bond acceptors (Lipinski definition) is 3. The zero-order valence-corrected chi connectivity index (χ0v) is 15.7. The first-order chi connectivity index (χ1) is 12.5. The van der Waals surface area contributed by atoms with Gasteiger partial charge in [-0.3, -0.25) is 4.79 Å².